The van der Waals surface area contributed by atoms with Crippen molar-refractivity contribution in [1.82, 2.24) is 29.5 Å². The fraction of sp³-hybridized carbons (Fsp3) is 0.385. The van der Waals surface area contributed by atoms with Crippen LogP contribution in [-0.4, -0.2) is 61.6 Å². The lowest BCUT2D eigenvalue weighted by Gasteiger charge is -2.34. The summed E-state index contributed by atoms with van der Waals surface area (Å²) in [6.07, 6.45) is 5.50. The maximum Gasteiger partial charge on any atom is 0.254 e. The number of fused-ring (bicyclic) bond motifs is 1. The van der Waals surface area contributed by atoms with E-state index in [1.165, 1.54) is 15.3 Å². The largest absolute Gasteiger partial charge is 0.336 e. The molecule has 34 heavy (non-hydrogen) atoms. The van der Waals surface area contributed by atoms with Crippen LogP contribution < -0.4 is 0 Å². The van der Waals surface area contributed by atoms with E-state index in [1.807, 2.05) is 27.9 Å². The SMILES string of the molecule is Cc1cc(-c2cc(C(=O)N3CCN(Cc4cccnc4)CC3)c3cnn(C(C)C)c3n2)c(C)s1. The number of hydrogen-bond acceptors (Lipinski definition) is 6. The number of pyridine rings is 2. The first kappa shape index (κ1) is 22.7. The van der Waals surface area contributed by atoms with Gasteiger partial charge in [0.25, 0.3) is 5.91 Å². The molecule has 1 saturated heterocycles. The topological polar surface area (TPSA) is 67.2 Å². The molecule has 1 fully saturated rings. The van der Waals surface area contributed by atoms with Crippen LogP contribution >= 0.6 is 11.3 Å². The third-order valence-electron chi connectivity index (χ3n) is 6.39. The van der Waals surface area contributed by atoms with Crippen molar-refractivity contribution in [2.24, 2.45) is 0 Å². The van der Waals surface area contributed by atoms with Crippen LogP contribution in [0.25, 0.3) is 22.3 Å². The summed E-state index contributed by atoms with van der Waals surface area (Å²) in [5.41, 5.74) is 4.60. The minimum absolute atomic E-state index is 0.0580. The molecule has 4 aromatic rings. The minimum atomic E-state index is 0.0580. The van der Waals surface area contributed by atoms with Crippen LogP contribution in [-0.2, 0) is 6.54 Å². The van der Waals surface area contributed by atoms with Crippen LogP contribution in [0.4, 0.5) is 0 Å². The molecule has 0 bridgehead atoms. The predicted octanol–water partition coefficient (Wildman–Crippen LogP) is 4.71. The second kappa shape index (κ2) is 9.27. The van der Waals surface area contributed by atoms with Crippen molar-refractivity contribution in [3.05, 3.63) is 63.7 Å². The van der Waals surface area contributed by atoms with E-state index in [4.69, 9.17) is 4.98 Å². The molecule has 0 unspecified atom stereocenters. The molecule has 0 radical (unpaired) electrons. The fourth-order valence-corrected chi connectivity index (χ4v) is 5.56. The van der Waals surface area contributed by atoms with E-state index in [1.54, 1.807) is 23.7 Å². The molecule has 8 heteroatoms. The number of carbonyl (C=O) groups is 1. The Bertz CT molecular complexity index is 1320. The second-order valence-corrected chi connectivity index (χ2v) is 10.7. The van der Waals surface area contributed by atoms with Gasteiger partial charge in [0.1, 0.15) is 0 Å². The normalized spacial score (nSPS) is 14.9. The molecule has 5 rings (SSSR count). The van der Waals surface area contributed by atoms with Gasteiger partial charge in [-0.2, -0.15) is 5.10 Å². The first-order valence-corrected chi connectivity index (χ1v) is 12.6. The summed E-state index contributed by atoms with van der Waals surface area (Å²) in [5.74, 6) is 0.0580. The molecule has 1 amide bonds. The molecule has 1 aliphatic rings. The van der Waals surface area contributed by atoms with Crippen molar-refractivity contribution < 1.29 is 4.79 Å². The number of aromatic nitrogens is 4. The Kier molecular flexibility index (Phi) is 6.18. The lowest BCUT2D eigenvalue weighted by Crippen LogP contribution is -2.48. The van der Waals surface area contributed by atoms with Crippen LogP contribution in [0.2, 0.25) is 0 Å². The van der Waals surface area contributed by atoms with Gasteiger partial charge in [-0.25, -0.2) is 9.67 Å². The van der Waals surface area contributed by atoms with Crippen LogP contribution in [0.5, 0.6) is 0 Å². The van der Waals surface area contributed by atoms with Crippen molar-refractivity contribution in [3.8, 4) is 11.3 Å². The van der Waals surface area contributed by atoms with E-state index < -0.39 is 0 Å². The molecular formula is C26H30N6OS. The van der Waals surface area contributed by atoms with Gasteiger partial charge >= 0.3 is 0 Å². The first-order chi connectivity index (χ1) is 16.4. The van der Waals surface area contributed by atoms with Gasteiger partial charge in [0.2, 0.25) is 0 Å². The molecule has 0 atom stereocenters. The summed E-state index contributed by atoms with van der Waals surface area (Å²) in [6, 6.07) is 8.35. The number of amides is 1. The molecule has 0 aliphatic carbocycles. The van der Waals surface area contributed by atoms with Crippen molar-refractivity contribution in [2.45, 2.75) is 40.3 Å². The third-order valence-corrected chi connectivity index (χ3v) is 7.36. The Labute approximate surface area is 204 Å². The van der Waals surface area contributed by atoms with Crippen molar-refractivity contribution in [1.29, 1.82) is 0 Å². The summed E-state index contributed by atoms with van der Waals surface area (Å²) < 4.78 is 1.91. The third kappa shape index (κ3) is 4.35. The van der Waals surface area contributed by atoms with E-state index in [-0.39, 0.29) is 11.9 Å². The quantitative estimate of drug-likeness (QED) is 0.419. The molecule has 0 spiro atoms. The zero-order valence-electron chi connectivity index (χ0n) is 20.2. The van der Waals surface area contributed by atoms with Crippen LogP contribution in [0.3, 0.4) is 0 Å². The van der Waals surface area contributed by atoms with E-state index in [2.05, 4.69) is 54.8 Å². The van der Waals surface area contributed by atoms with Gasteiger partial charge in [-0.1, -0.05) is 6.07 Å². The Hall–Kier alpha value is -3.10. The van der Waals surface area contributed by atoms with E-state index in [0.717, 1.165) is 41.9 Å². The van der Waals surface area contributed by atoms with Crippen molar-refractivity contribution >= 4 is 28.3 Å². The molecule has 1 aliphatic heterocycles. The zero-order chi connectivity index (χ0) is 23.8. The van der Waals surface area contributed by atoms with E-state index in [0.29, 0.717) is 18.7 Å². The monoisotopic (exact) mass is 474 g/mol. The highest BCUT2D eigenvalue weighted by atomic mass is 32.1. The number of carbonyl (C=O) groups excluding carboxylic acids is 1. The highest BCUT2D eigenvalue weighted by Gasteiger charge is 2.26. The lowest BCUT2D eigenvalue weighted by molar-refractivity contribution is 0.0630. The Morgan fingerprint density at radius 2 is 1.91 bits per heavy atom. The molecule has 4 aromatic heterocycles. The number of rotatable bonds is 5. The second-order valence-electron chi connectivity index (χ2n) is 9.23. The number of hydrogen-bond donors (Lipinski definition) is 0. The number of thiophene rings is 1. The van der Waals surface area contributed by atoms with Crippen molar-refractivity contribution in [3.63, 3.8) is 0 Å². The van der Waals surface area contributed by atoms with Gasteiger partial charge in [0.05, 0.1) is 22.8 Å². The average Bonchev–Trinajstić information content (AvgIpc) is 3.41. The lowest BCUT2D eigenvalue weighted by atomic mass is 10.1. The van der Waals surface area contributed by atoms with Crippen molar-refractivity contribution in [2.75, 3.05) is 26.2 Å². The number of piperazine rings is 1. The Morgan fingerprint density at radius 3 is 2.56 bits per heavy atom. The fourth-order valence-electron chi connectivity index (χ4n) is 4.63. The van der Waals surface area contributed by atoms with Gasteiger partial charge < -0.3 is 4.90 Å². The summed E-state index contributed by atoms with van der Waals surface area (Å²) in [4.78, 5) is 29.7. The van der Waals surface area contributed by atoms with Crippen LogP contribution in [0.15, 0.2) is 42.9 Å². The molecular weight excluding hydrogens is 444 g/mol. The highest BCUT2D eigenvalue weighted by molar-refractivity contribution is 7.12. The van der Waals surface area contributed by atoms with E-state index >= 15 is 0 Å². The molecule has 0 aromatic carbocycles. The number of nitrogens with zero attached hydrogens (tertiary/aromatic N) is 6. The summed E-state index contributed by atoms with van der Waals surface area (Å²) in [5, 5.41) is 5.40. The Morgan fingerprint density at radius 1 is 1.12 bits per heavy atom. The van der Waals surface area contributed by atoms with Crippen LogP contribution in [0.1, 0.15) is 45.6 Å². The summed E-state index contributed by atoms with van der Waals surface area (Å²) >= 11 is 1.76. The Balaban J connectivity index is 1.44. The molecule has 5 heterocycles. The highest BCUT2D eigenvalue weighted by Crippen LogP contribution is 2.33. The number of aryl methyl sites for hydroxylation is 2. The van der Waals surface area contributed by atoms with Gasteiger partial charge in [-0.3, -0.25) is 14.7 Å². The van der Waals surface area contributed by atoms with Gasteiger partial charge in [-0.05, 0) is 51.5 Å². The van der Waals surface area contributed by atoms with E-state index in [9.17, 15) is 4.79 Å². The van der Waals surface area contributed by atoms with Crippen LogP contribution in [0, 0.1) is 13.8 Å². The molecule has 176 valence electrons. The van der Waals surface area contributed by atoms with Gasteiger partial charge in [0, 0.05) is 66.5 Å². The molecule has 0 saturated carbocycles. The molecule has 7 nitrogen and oxygen atoms in total. The van der Waals surface area contributed by atoms with Gasteiger partial charge in [0.15, 0.2) is 5.65 Å². The van der Waals surface area contributed by atoms with Gasteiger partial charge in [-0.15, -0.1) is 11.3 Å². The minimum Gasteiger partial charge on any atom is -0.336 e. The smallest absolute Gasteiger partial charge is 0.254 e. The zero-order valence-corrected chi connectivity index (χ0v) is 21.0. The summed E-state index contributed by atoms with van der Waals surface area (Å²) in [7, 11) is 0. The summed E-state index contributed by atoms with van der Waals surface area (Å²) in [6.45, 7) is 12.3. The first-order valence-electron chi connectivity index (χ1n) is 11.8. The maximum absolute atomic E-state index is 13.8. The average molecular weight is 475 g/mol. The maximum atomic E-state index is 13.8. The standard InChI is InChI=1S/C26H30N6OS/c1-17(2)32-25-23(15-28-32)22(13-24(29-25)21-12-18(3)34-19(21)4)26(33)31-10-8-30(9-11-31)16-20-6-5-7-27-14-20/h5-7,12-15,17H,8-11,16H2,1-4H3. The molecule has 0 N–H and O–H groups in total. The predicted molar refractivity (Wildman–Crippen MR) is 136 cm³/mol.